The highest BCUT2D eigenvalue weighted by Crippen LogP contribution is 2.09. The lowest BCUT2D eigenvalue weighted by molar-refractivity contribution is -0.931. The first kappa shape index (κ1) is 16.6. The monoisotopic (exact) mass is 215 g/mol. The standard InChI is InChI=1S/C10H20NO2.C2H5/c1-7-11(5,6)9(4)13-10(12)8(2)3;1-2/h9H,2,7H2,1,3-6H3;1H2,2H3/q+1;-1. The van der Waals surface area contributed by atoms with Crippen molar-refractivity contribution in [3.63, 3.8) is 0 Å². The Morgan fingerprint density at radius 2 is 1.87 bits per heavy atom. The second-order valence-corrected chi connectivity index (χ2v) is 3.88. The van der Waals surface area contributed by atoms with Crippen molar-refractivity contribution in [2.45, 2.75) is 33.9 Å². The topological polar surface area (TPSA) is 26.3 Å². The summed E-state index contributed by atoms with van der Waals surface area (Å²) in [4.78, 5) is 11.2. The fourth-order valence-electron chi connectivity index (χ4n) is 0.655. The van der Waals surface area contributed by atoms with Gasteiger partial charge in [0.2, 0.25) is 6.23 Å². The molecule has 0 radical (unpaired) electrons. The van der Waals surface area contributed by atoms with Crippen LogP contribution in [0.2, 0.25) is 0 Å². The molecule has 0 aliphatic heterocycles. The highest BCUT2D eigenvalue weighted by Gasteiger charge is 2.25. The molecule has 0 fully saturated rings. The van der Waals surface area contributed by atoms with Crippen LogP contribution in [0.4, 0.5) is 0 Å². The Morgan fingerprint density at radius 1 is 1.47 bits per heavy atom. The maximum absolute atomic E-state index is 11.2. The number of ether oxygens (including phenoxy) is 1. The summed E-state index contributed by atoms with van der Waals surface area (Å²) in [6, 6.07) is 0. The van der Waals surface area contributed by atoms with Crippen LogP contribution < -0.4 is 0 Å². The third kappa shape index (κ3) is 6.28. The van der Waals surface area contributed by atoms with E-state index in [0.29, 0.717) is 10.1 Å². The second kappa shape index (κ2) is 7.46. The summed E-state index contributed by atoms with van der Waals surface area (Å²) in [5.41, 5.74) is 0.447. The van der Waals surface area contributed by atoms with Crippen molar-refractivity contribution in [3.8, 4) is 0 Å². The third-order valence-electron chi connectivity index (χ3n) is 2.43. The largest absolute Gasteiger partial charge is 0.409 e. The van der Waals surface area contributed by atoms with Crippen molar-refractivity contribution >= 4 is 5.97 Å². The molecule has 90 valence electrons. The number of nitrogens with zero attached hydrogens (tertiary/aromatic N) is 1. The second-order valence-electron chi connectivity index (χ2n) is 3.88. The Morgan fingerprint density at radius 3 is 2.13 bits per heavy atom. The molecule has 0 spiro atoms. The molecule has 1 atom stereocenters. The van der Waals surface area contributed by atoms with Gasteiger partial charge in [-0.05, 0) is 13.8 Å². The van der Waals surface area contributed by atoms with Gasteiger partial charge in [-0.3, -0.25) is 4.48 Å². The first-order valence-electron chi connectivity index (χ1n) is 5.21. The molecule has 0 aromatic heterocycles. The Hall–Kier alpha value is -0.830. The molecule has 0 bridgehead atoms. The number of hydrogen-bond acceptors (Lipinski definition) is 2. The molecule has 0 saturated heterocycles. The van der Waals surface area contributed by atoms with E-state index < -0.39 is 0 Å². The van der Waals surface area contributed by atoms with Gasteiger partial charge in [-0.2, -0.15) is 6.92 Å². The summed E-state index contributed by atoms with van der Waals surface area (Å²) in [6.45, 7) is 15.1. The lowest BCUT2D eigenvalue weighted by Crippen LogP contribution is -2.49. The van der Waals surface area contributed by atoms with Crippen molar-refractivity contribution in [2.75, 3.05) is 20.6 Å². The molecule has 0 rings (SSSR count). The predicted octanol–water partition coefficient (Wildman–Crippen LogP) is 2.39. The van der Waals surface area contributed by atoms with Crippen molar-refractivity contribution in [2.24, 2.45) is 0 Å². The van der Waals surface area contributed by atoms with E-state index >= 15 is 0 Å². The average Bonchev–Trinajstić information content (AvgIpc) is 2.20. The van der Waals surface area contributed by atoms with Crippen LogP contribution in [0.15, 0.2) is 12.2 Å². The van der Waals surface area contributed by atoms with Crippen molar-refractivity contribution in [1.82, 2.24) is 0 Å². The van der Waals surface area contributed by atoms with Crippen LogP contribution in [0.25, 0.3) is 0 Å². The Bertz CT molecular complexity index is 210. The molecule has 0 aromatic rings. The first-order chi connectivity index (χ1) is 6.81. The lowest BCUT2D eigenvalue weighted by Gasteiger charge is -2.33. The van der Waals surface area contributed by atoms with Gasteiger partial charge in [0.25, 0.3) is 0 Å². The summed E-state index contributed by atoms with van der Waals surface area (Å²) in [5.74, 6) is -0.313. The van der Waals surface area contributed by atoms with E-state index in [2.05, 4.69) is 20.4 Å². The maximum Gasteiger partial charge on any atom is 0.337 e. The molecule has 0 heterocycles. The van der Waals surface area contributed by atoms with E-state index in [0.717, 1.165) is 6.54 Å². The number of hydrogen-bond donors (Lipinski definition) is 0. The van der Waals surface area contributed by atoms with E-state index in [1.165, 1.54) is 0 Å². The SMILES string of the molecule is C=C(C)C(=O)OC(C)[N+](C)(C)CC.[CH2-]C. The van der Waals surface area contributed by atoms with E-state index in [9.17, 15) is 4.79 Å². The highest BCUT2D eigenvalue weighted by atomic mass is 16.6. The van der Waals surface area contributed by atoms with E-state index in [-0.39, 0.29) is 12.2 Å². The van der Waals surface area contributed by atoms with E-state index in [1.54, 1.807) is 13.8 Å². The normalized spacial score (nSPS) is 12.2. The van der Waals surface area contributed by atoms with Crippen LogP contribution in [0, 0.1) is 6.92 Å². The number of quaternary nitrogens is 1. The molecule has 0 aromatic carbocycles. The molecule has 0 saturated carbocycles. The van der Waals surface area contributed by atoms with Gasteiger partial charge in [0.1, 0.15) is 0 Å². The molecular formula is C12H25NO2. The van der Waals surface area contributed by atoms with Gasteiger partial charge in [0.05, 0.1) is 20.6 Å². The fraction of sp³-hybridized carbons (Fsp3) is 0.667. The molecular weight excluding hydrogens is 190 g/mol. The quantitative estimate of drug-likeness (QED) is 0.237. The molecule has 3 nitrogen and oxygen atoms in total. The van der Waals surface area contributed by atoms with Crippen LogP contribution in [-0.4, -0.2) is 37.3 Å². The number of rotatable bonds is 4. The van der Waals surface area contributed by atoms with Gasteiger partial charge in [-0.15, -0.1) is 0 Å². The van der Waals surface area contributed by atoms with Crippen molar-refractivity contribution in [3.05, 3.63) is 19.1 Å². The zero-order valence-corrected chi connectivity index (χ0v) is 11.0. The molecule has 0 aliphatic carbocycles. The Labute approximate surface area is 94.3 Å². The Balaban J connectivity index is 0. The summed E-state index contributed by atoms with van der Waals surface area (Å²) in [7, 11) is 4.05. The zero-order valence-electron chi connectivity index (χ0n) is 11.0. The Kier molecular flexibility index (Phi) is 8.25. The fourth-order valence-corrected chi connectivity index (χ4v) is 0.655. The number of esters is 1. The molecule has 3 heteroatoms. The molecule has 0 aliphatic rings. The van der Waals surface area contributed by atoms with Crippen LogP contribution >= 0.6 is 0 Å². The highest BCUT2D eigenvalue weighted by molar-refractivity contribution is 5.86. The average molecular weight is 215 g/mol. The van der Waals surface area contributed by atoms with Crippen LogP contribution in [0.3, 0.4) is 0 Å². The van der Waals surface area contributed by atoms with Crippen LogP contribution in [-0.2, 0) is 9.53 Å². The summed E-state index contributed by atoms with van der Waals surface area (Å²) in [5, 5.41) is 0. The minimum Gasteiger partial charge on any atom is -0.409 e. The van der Waals surface area contributed by atoms with Gasteiger partial charge in [0.15, 0.2) is 0 Å². The van der Waals surface area contributed by atoms with Gasteiger partial charge >= 0.3 is 5.97 Å². The number of carbonyl (C=O) groups is 1. The smallest absolute Gasteiger partial charge is 0.337 e. The lowest BCUT2D eigenvalue weighted by atomic mass is 10.3. The minimum atomic E-state index is -0.313. The summed E-state index contributed by atoms with van der Waals surface area (Å²) >= 11 is 0. The molecule has 0 amide bonds. The number of carbonyl (C=O) groups excluding carboxylic acids is 1. The van der Waals surface area contributed by atoms with Gasteiger partial charge in [0, 0.05) is 12.5 Å². The summed E-state index contributed by atoms with van der Waals surface area (Å²) in [6.07, 6.45) is -0.130. The van der Waals surface area contributed by atoms with E-state index in [4.69, 9.17) is 4.74 Å². The van der Waals surface area contributed by atoms with Crippen LogP contribution in [0.1, 0.15) is 27.7 Å². The van der Waals surface area contributed by atoms with Crippen molar-refractivity contribution in [1.29, 1.82) is 0 Å². The maximum atomic E-state index is 11.2. The zero-order chi connectivity index (χ0) is 12.6. The molecule has 15 heavy (non-hydrogen) atoms. The summed E-state index contributed by atoms with van der Waals surface area (Å²) < 4.78 is 5.87. The molecule has 0 N–H and O–H groups in total. The first-order valence-corrected chi connectivity index (χ1v) is 5.21. The van der Waals surface area contributed by atoms with Crippen LogP contribution in [0.5, 0.6) is 0 Å². The molecule has 1 unspecified atom stereocenters. The predicted molar refractivity (Wildman–Crippen MR) is 64.0 cm³/mol. The van der Waals surface area contributed by atoms with Crippen molar-refractivity contribution < 1.29 is 14.0 Å². The third-order valence-corrected chi connectivity index (χ3v) is 2.43. The minimum absolute atomic E-state index is 0.130. The van der Waals surface area contributed by atoms with Gasteiger partial charge in [-0.25, -0.2) is 4.79 Å². The van der Waals surface area contributed by atoms with Gasteiger partial charge in [-0.1, -0.05) is 6.58 Å². The van der Waals surface area contributed by atoms with E-state index in [1.807, 2.05) is 21.0 Å². The van der Waals surface area contributed by atoms with Gasteiger partial charge < -0.3 is 11.7 Å².